The molecular formula is C12H15NO2. The second-order valence-electron chi connectivity index (χ2n) is 4.05. The lowest BCUT2D eigenvalue weighted by atomic mass is 9.99. The Morgan fingerprint density at radius 1 is 1.40 bits per heavy atom. The summed E-state index contributed by atoms with van der Waals surface area (Å²) in [5, 5.41) is 9.13. The molecule has 1 atom stereocenters. The minimum Gasteiger partial charge on any atom is -0.376 e. The van der Waals surface area contributed by atoms with E-state index in [1.165, 1.54) is 10.5 Å². The number of fused-ring (bicyclic) bond motifs is 1. The van der Waals surface area contributed by atoms with Gasteiger partial charge in [-0.3, -0.25) is 4.79 Å². The van der Waals surface area contributed by atoms with Gasteiger partial charge >= 0.3 is 0 Å². The van der Waals surface area contributed by atoms with E-state index in [0.717, 1.165) is 12.0 Å². The van der Waals surface area contributed by atoms with Gasteiger partial charge in [-0.1, -0.05) is 31.2 Å². The second-order valence-corrected chi connectivity index (χ2v) is 4.05. The number of amides is 1. The van der Waals surface area contributed by atoms with Crippen LogP contribution in [0.5, 0.6) is 0 Å². The van der Waals surface area contributed by atoms with E-state index in [-0.39, 0.29) is 18.6 Å². The summed E-state index contributed by atoms with van der Waals surface area (Å²) in [7, 11) is 0. The molecule has 0 bridgehead atoms. The predicted molar refractivity (Wildman–Crippen MR) is 56.9 cm³/mol. The Labute approximate surface area is 89.3 Å². The number of hydrogen-bond donors (Lipinski definition) is 1. The van der Waals surface area contributed by atoms with Gasteiger partial charge in [0.25, 0.3) is 0 Å². The summed E-state index contributed by atoms with van der Waals surface area (Å²) in [5.41, 5.74) is 2.36. The molecular weight excluding hydrogens is 190 g/mol. The first kappa shape index (κ1) is 10.2. The van der Waals surface area contributed by atoms with Crippen LogP contribution in [-0.2, 0) is 17.8 Å². The van der Waals surface area contributed by atoms with E-state index in [4.69, 9.17) is 5.11 Å². The van der Waals surface area contributed by atoms with E-state index >= 15 is 0 Å². The number of aliphatic hydroxyl groups is 1. The maximum absolute atomic E-state index is 11.8. The fourth-order valence-corrected chi connectivity index (χ4v) is 2.04. The predicted octanol–water partition coefficient (Wildman–Crippen LogP) is 1.16. The van der Waals surface area contributed by atoms with E-state index in [0.29, 0.717) is 6.54 Å². The molecule has 3 nitrogen and oxygen atoms in total. The van der Waals surface area contributed by atoms with E-state index in [9.17, 15) is 4.79 Å². The van der Waals surface area contributed by atoms with E-state index in [2.05, 4.69) is 6.07 Å². The van der Waals surface area contributed by atoms with Gasteiger partial charge in [0.2, 0.25) is 5.91 Å². The maximum atomic E-state index is 11.8. The number of hydrogen-bond acceptors (Lipinski definition) is 2. The molecule has 0 saturated heterocycles. The summed E-state index contributed by atoms with van der Waals surface area (Å²) in [6.07, 6.45) is 0.769. The molecule has 80 valence electrons. The van der Waals surface area contributed by atoms with Crippen LogP contribution in [0, 0.1) is 5.92 Å². The third-order valence-corrected chi connectivity index (χ3v) is 2.91. The number of rotatable bonds is 1. The zero-order chi connectivity index (χ0) is 10.8. The third kappa shape index (κ3) is 1.88. The van der Waals surface area contributed by atoms with Crippen molar-refractivity contribution >= 4 is 5.91 Å². The summed E-state index contributed by atoms with van der Waals surface area (Å²) in [5.74, 6) is -0.00509. The molecule has 0 aromatic heterocycles. The van der Waals surface area contributed by atoms with Gasteiger partial charge in [-0.25, -0.2) is 0 Å². The average Bonchev–Trinajstić information content (AvgIpc) is 2.37. The molecule has 1 unspecified atom stereocenters. The maximum Gasteiger partial charge on any atom is 0.227 e. The Bertz CT molecular complexity index is 376. The number of carbonyl (C=O) groups is 1. The summed E-state index contributed by atoms with van der Waals surface area (Å²) in [6.45, 7) is 2.24. The second kappa shape index (κ2) is 4.03. The number of nitrogens with zero attached hydrogens (tertiary/aromatic N) is 1. The lowest BCUT2D eigenvalue weighted by Gasteiger charge is -2.19. The van der Waals surface area contributed by atoms with Crippen LogP contribution in [-0.4, -0.2) is 22.6 Å². The first-order valence-electron chi connectivity index (χ1n) is 5.19. The smallest absolute Gasteiger partial charge is 0.227 e. The highest BCUT2D eigenvalue weighted by atomic mass is 16.3. The standard InChI is InChI=1S/C12H15NO2/c1-9-6-10-4-2-3-5-11(10)7-13(8-14)12(9)15/h2-5,9,14H,6-8H2,1H3. The largest absolute Gasteiger partial charge is 0.376 e. The lowest BCUT2D eigenvalue weighted by molar-refractivity contribution is -0.138. The highest BCUT2D eigenvalue weighted by Crippen LogP contribution is 2.22. The Morgan fingerprint density at radius 3 is 2.73 bits per heavy atom. The van der Waals surface area contributed by atoms with Crippen LogP contribution in [0.4, 0.5) is 0 Å². The number of aliphatic hydroxyl groups excluding tert-OH is 1. The molecule has 2 rings (SSSR count). The Hall–Kier alpha value is -1.35. The minimum atomic E-state index is -0.197. The lowest BCUT2D eigenvalue weighted by Crippen LogP contribution is -2.34. The van der Waals surface area contributed by atoms with Crippen molar-refractivity contribution in [1.29, 1.82) is 0 Å². The van der Waals surface area contributed by atoms with E-state index < -0.39 is 0 Å². The molecule has 0 saturated carbocycles. The minimum absolute atomic E-state index is 0.0358. The van der Waals surface area contributed by atoms with Crippen molar-refractivity contribution < 1.29 is 9.90 Å². The first-order valence-corrected chi connectivity index (χ1v) is 5.19. The van der Waals surface area contributed by atoms with Crippen molar-refractivity contribution in [2.45, 2.75) is 19.9 Å². The van der Waals surface area contributed by atoms with Gasteiger partial charge in [-0.05, 0) is 17.5 Å². The van der Waals surface area contributed by atoms with Gasteiger partial charge in [0.05, 0.1) is 0 Å². The molecule has 0 spiro atoms. The molecule has 1 aliphatic heterocycles. The van der Waals surface area contributed by atoms with Crippen LogP contribution in [0.2, 0.25) is 0 Å². The van der Waals surface area contributed by atoms with Crippen molar-refractivity contribution in [3.63, 3.8) is 0 Å². The quantitative estimate of drug-likeness (QED) is 0.747. The molecule has 1 aliphatic rings. The zero-order valence-electron chi connectivity index (χ0n) is 8.81. The van der Waals surface area contributed by atoms with Crippen LogP contribution in [0.1, 0.15) is 18.1 Å². The Balaban J connectivity index is 2.37. The van der Waals surface area contributed by atoms with Crippen molar-refractivity contribution in [3.05, 3.63) is 35.4 Å². The van der Waals surface area contributed by atoms with Gasteiger partial charge in [-0.15, -0.1) is 0 Å². The number of carbonyl (C=O) groups excluding carboxylic acids is 1. The molecule has 0 aliphatic carbocycles. The van der Waals surface area contributed by atoms with Crippen molar-refractivity contribution in [1.82, 2.24) is 4.90 Å². The highest BCUT2D eigenvalue weighted by molar-refractivity contribution is 5.79. The van der Waals surface area contributed by atoms with Crippen molar-refractivity contribution in [2.24, 2.45) is 5.92 Å². The molecule has 0 fully saturated rings. The summed E-state index contributed by atoms with van der Waals surface area (Å²) in [6, 6.07) is 8.03. The topological polar surface area (TPSA) is 40.5 Å². The number of benzene rings is 1. The summed E-state index contributed by atoms with van der Waals surface area (Å²) in [4.78, 5) is 13.3. The molecule has 1 aromatic rings. The van der Waals surface area contributed by atoms with Gasteiger partial charge < -0.3 is 10.0 Å². The molecule has 3 heteroatoms. The van der Waals surface area contributed by atoms with Gasteiger partial charge in [-0.2, -0.15) is 0 Å². The fourth-order valence-electron chi connectivity index (χ4n) is 2.04. The Morgan fingerprint density at radius 2 is 2.07 bits per heavy atom. The molecule has 1 amide bonds. The molecule has 0 radical (unpaired) electrons. The highest BCUT2D eigenvalue weighted by Gasteiger charge is 2.25. The average molecular weight is 205 g/mol. The molecule has 1 aromatic carbocycles. The third-order valence-electron chi connectivity index (χ3n) is 2.91. The van der Waals surface area contributed by atoms with Crippen LogP contribution in [0.3, 0.4) is 0 Å². The zero-order valence-corrected chi connectivity index (χ0v) is 8.81. The van der Waals surface area contributed by atoms with Crippen LogP contribution < -0.4 is 0 Å². The van der Waals surface area contributed by atoms with Crippen LogP contribution in [0.15, 0.2) is 24.3 Å². The molecule has 1 heterocycles. The van der Waals surface area contributed by atoms with Crippen LogP contribution >= 0.6 is 0 Å². The normalized spacial score (nSPS) is 21.1. The summed E-state index contributed by atoms with van der Waals surface area (Å²) < 4.78 is 0. The van der Waals surface area contributed by atoms with Crippen molar-refractivity contribution in [2.75, 3.05) is 6.73 Å². The Kier molecular flexibility index (Phi) is 2.73. The van der Waals surface area contributed by atoms with Crippen molar-refractivity contribution in [3.8, 4) is 0 Å². The van der Waals surface area contributed by atoms with E-state index in [1.807, 2.05) is 25.1 Å². The molecule has 1 N–H and O–H groups in total. The fraction of sp³-hybridized carbons (Fsp3) is 0.417. The summed E-state index contributed by atoms with van der Waals surface area (Å²) >= 11 is 0. The van der Waals surface area contributed by atoms with Gasteiger partial charge in [0, 0.05) is 12.5 Å². The monoisotopic (exact) mass is 205 g/mol. The van der Waals surface area contributed by atoms with Crippen LogP contribution in [0.25, 0.3) is 0 Å². The van der Waals surface area contributed by atoms with Gasteiger partial charge in [0.15, 0.2) is 0 Å². The SMILES string of the molecule is CC1Cc2ccccc2CN(CO)C1=O. The van der Waals surface area contributed by atoms with Gasteiger partial charge in [0.1, 0.15) is 6.73 Å². The first-order chi connectivity index (χ1) is 7.22. The van der Waals surface area contributed by atoms with E-state index in [1.54, 1.807) is 0 Å². The molecule has 15 heavy (non-hydrogen) atoms.